The zero-order chi connectivity index (χ0) is 22.0. The molecule has 1 aliphatic rings. The number of carbonyl (C=O) groups excluding carboxylic acids is 1. The van der Waals surface area contributed by atoms with Crippen molar-refractivity contribution in [2.45, 2.75) is 19.9 Å². The molecule has 0 saturated carbocycles. The average Bonchev–Trinajstić information content (AvgIpc) is 3.08. The molecule has 4 rings (SSSR count). The molecule has 0 bridgehead atoms. The zero-order valence-corrected chi connectivity index (χ0v) is 18.3. The van der Waals surface area contributed by atoms with E-state index in [1.807, 2.05) is 60.7 Å². The molecule has 1 aliphatic heterocycles. The molecule has 0 aliphatic carbocycles. The average molecular weight is 435 g/mol. The van der Waals surface area contributed by atoms with Crippen LogP contribution in [0.5, 0.6) is 5.75 Å². The Morgan fingerprint density at radius 1 is 1.16 bits per heavy atom. The number of allylic oxidation sites excluding steroid dienone is 1. The highest BCUT2D eigenvalue weighted by Gasteiger charge is 2.34. The van der Waals surface area contributed by atoms with Gasteiger partial charge in [-0.15, -0.1) is 0 Å². The van der Waals surface area contributed by atoms with Crippen LogP contribution in [0.4, 0.5) is 0 Å². The Morgan fingerprint density at radius 2 is 1.87 bits per heavy atom. The summed E-state index contributed by atoms with van der Waals surface area (Å²) in [5.41, 5.74) is 2.28. The fourth-order valence-corrected chi connectivity index (χ4v) is 4.73. The summed E-state index contributed by atoms with van der Waals surface area (Å²) in [6, 6.07) is 16.3. The molecule has 0 saturated heterocycles. The van der Waals surface area contributed by atoms with Crippen molar-refractivity contribution >= 4 is 23.4 Å². The van der Waals surface area contributed by atoms with Crippen molar-refractivity contribution in [1.82, 2.24) is 4.57 Å². The number of rotatable bonds is 5. The van der Waals surface area contributed by atoms with Gasteiger partial charge < -0.3 is 9.47 Å². The third kappa shape index (κ3) is 3.84. The number of benzene rings is 2. The van der Waals surface area contributed by atoms with Gasteiger partial charge in [-0.25, -0.2) is 9.79 Å². The maximum Gasteiger partial charge on any atom is 0.338 e. The number of esters is 1. The highest BCUT2D eigenvalue weighted by Crippen LogP contribution is 2.35. The summed E-state index contributed by atoms with van der Waals surface area (Å²) < 4.78 is 13.0. The zero-order valence-electron chi connectivity index (χ0n) is 17.5. The molecule has 1 aromatic heterocycles. The van der Waals surface area contributed by atoms with E-state index in [2.05, 4.69) is 4.99 Å². The number of ether oxygens (including phenoxy) is 2. The number of aromatic nitrogens is 1. The van der Waals surface area contributed by atoms with Crippen LogP contribution in [0.15, 0.2) is 75.7 Å². The summed E-state index contributed by atoms with van der Waals surface area (Å²) >= 11 is 1.30. The fourth-order valence-electron chi connectivity index (χ4n) is 3.68. The normalized spacial score (nSPS) is 16.0. The van der Waals surface area contributed by atoms with Gasteiger partial charge in [0.2, 0.25) is 0 Å². The predicted molar refractivity (Wildman–Crippen MR) is 120 cm³/mol. The monoisotopic (exact) mass is 434 g/mol. The van der Waals surface area contributed by atoms with Crippen molar-refractivity contribution in [2.75, 3.05) is 13.7 Å². The lowest BCUT2D eigenvalue weighted by atomic mass is 9.95. The van der Waals surface area contributed by atoms with Crippen LogP contribution < -0.4 is 19.6 Å². The van der Waals surface area contributed by atoms with Gasteiger partial charge in [-0.05, 0) is 31.6 Å². The number of methoxy groups -OCH3 is 1. The molecule has 0 fully saturated rings. The van der Waals surface area contributed by atoms with E-state index >= 15 is 0 Å². The van der Waals surface area contributed by atoms with Gasteiger partial charge in [0, 0.05) is 5.56 Å². The molecular formula is C24H22N2O4S. The summed E-state index contributed by atoms with van der Waals surface area (Å²) in [5, 5.41) is 0. The molecule has 3 aromatic rings. The van der Waals surface area contributed by atoms with Gasteiger partial charge in [0.05, 0.1) is 29.5 Å². The van der Waals surface area contributed by atoms with Gasteiger partial charge in [0.15, 0.2) is 4.80 Å². The molecule has 6 nitrogen and oxygen atoms in total. The van der Waals surface area contributed by atoms with Crippen molar-refractivity contribution < 1.29 is 14.3 Å². The van der Waals surface area contributed by atoms with E-state index in [4.69, 9.17) is 9.47 Å². The Bertz CT molecular complexity index is 1340. The van der Waals surface area contributed by atoms with Crippen molar-refractivity contribution in [1.29, 1.82) is 0 Å². The molecule has 2 heterocycles. The van der Waals surface area contributed by atoms with Crippen LogP contribution in [-0.4, -0.2) is 24.3 Å². The van der Waals surface area contributed by atoms with Crippen LogP contribution in [-0.2, 0) is 9.53 Å². The van der Waals surface area contributed by atoms with Crippen LogP contribution in [0.2, 0.25) is 0 Å². The lowest BCUT2D eigenvalue weighted by Gasteiger charge is -2.25. The maximum atomic E-state index is 13.5. The highest BCUT2D eigenvalue weighted by molar-refractivity contribution is 7.07. The lowest BCUT2D eigenvalue weighted by molar-refractivity contribution is -0.139. The standard InChI is InChI=1S/C24H22N2O4S/c1-4-30-23(28)20-15(2)25-24-26(21(20)17-12-8-9-13-18(17)29-3)22(27)19(31-24)14-16-10-6-5-7-11-16/h5-14,21H,4H2,1-3H3/b19-14-/t21-/m1/s1. The fraction of sp³-hybridized carbons (Fsp3) is 0.208. The molecule has 0 radical (unpaired) electrons. The molecule has 0 spiro atoms. The summed E-state index contributed by atoms with van der Waals surface area (Å²) in [7, 11) is 1.57. The number of hydrogen-bond acceptors (Lipinski definition) is 6. The quantitative estimate of drug-likeness (QED) is 0.579. The second-order valence-electron chi connectivity index (χ2n) is 6.95. The Hall–Kier alpha value is -3.45. The highest BCUT2D eigenvalue weighted by atomic mass is 32.1. The first-order valence-corrected chi connectivity index (χ1v) is 10.7. The molecule has 158 valence electrons. The number of para-hydroxylation sites is 1. The predicted octanol–water partition coefficient (Wildman–Crippen LogP) is 2.81. The third-order valence-corrected chi connectivity index (χ3v) is 6.03. The van der Waals surface area contributed by atoms with E-state index in [0.29, 0.717) is 31.9 Å². The van der Waals surface area contributed by atoms with E-state index in [0.717, 1.165) is 5.56 Å². The van der Waals surface area contributed by atoms with E-state index in [1.54, 1.807) is 25.5 Å². The minimum Gasteiger partial charge on any atom is -0.496 e. The molecule has 0 amide bonds. The van der Waals surface area contributed by atoms with Gasteiger partial charge >= 0.3 is 5.97 Å². The molecule has 1 atom stereocenters. The summed E-state index contributed by atoms with van der Waals surface area (Å²) in [4.78, 5) is 31.5. The van der Waals surface area contributed by atoms with Crippen molar-refractivity contribution in [3.63, 3.8) is 0 Å². The summed E-state index contributed by atoms with van der Waals surface area (Å²) in [6.07, 6.45) is 1.84. The van der Waals surface area contributed by atoms with Gasteiger partial charge in [-0.1, -0.05) is 59.9 Å². The number of nitrogens with zero attached hydrogens (tertiary/aromatic N) is 2. The number of carbonyl (C=O) groups is 1. The van der Waals surface area contributed by atoms with Crippen LogP contribution in [0.25, 0.3) is 6.08 Å². The lowest BCUT2D eigenvalue weighted by Crippen LogP contribution is -2.40. The second kappa shape index (κ2) is 8.73. The van der Waals surface area contributed by atoms with Gasteiger partial charge in [0.1, 0.15) is 11.8 Å². The van der Waals surface area contributed by atoms with E-state index in [9.17, 15) is 9.59 Å². The molecule has 0 unspecified atom stereocenters. The Morgan fingerprint density at radius 3 is 2.58 bits per heavy atom. The topological polar surface area (TPSA) is 69.9 Å². The molecular weight excluding hydrogens is 412 g/mol. The second-order valence-corrected chi connectivity index (χ2v) is 7.96. The summed E-state index contributed by atoms with van der Waals surface area (Å²) in [5.74, 6) is 0.0960. The van der Waals surface area contributed by atoms with E-state index in [1.165, 1.54) is 11.3 Å². The molecule has 0 N–H and O–H groups in total. The minimum absolute atomic E-state index is 0.210. The molecule has 2 aromatic carbocycles. The van der Waals surface area contributed by atoms with Crippen LogP contribution in [0.1, 0.15) is 31.0 Å². The van der Waals surface area contributed by atoms with E-state index in [-0.39, 0.29) is 12.2 Å². The SMILES string of the molecule is CCOC(=O)C1=C(C)N=c2s/c(=C\c3ccccc3)c(=O)n2[C@@H]1c1ccccc1OC. The van der Waals surface area contributed by atoms with Gasteiger partial charge in [-0.2, -0.15) is 0 Å². The smallest absolute Gasteiger partial charge is 0.338 e. The van der Waals surface area contributed by atoms with Crippen molar-refractivity contribution in [3.8, 4) is 5.75 Å². The van der Waals surface area contributed by atoms with Crippen molar-refractivity contribution in [2.24, 2.45) is 4.99 Å². The number of hydrogen-bond donors (Lipinski definition) is 0. The minimum atomic E-state index is -0.690. The Balaban J connectivity index is 2.00. The number of thiazole rings is 1. The van der Waals surface area contributed by atoms with E-state index < -0.39 is 12.0 Å². The third-order valence-electron chi connectivity index (χ3n) is 5.05. The summed E-state index contributed by atoms with van der Waals surface area (Å²) in [6.45, 7) is 3.75. The van der Waals surface area contributed by atoms with Crippen molar-refractivity contribution in [3.05, 3.63) is 96.7 Å². The molecule has 31 heavy (non-hydrogen) atoms. The maximum absolute atomic E-state index is 13.5. The number of fused-ring (bicyclic) bond motifs is 1. The Labute approximate surface area is 183 Å². The molecule has 7 heteroatoms. The van der Waals surface area contributed by atoms with Gasteiger partial charge in [-0.3, -0.25) is 9.36 Å². The van der Waals surface area contributed by atoms with Crippen LogP contribution in [0.3, 0.4) is 0 Å². The van der Waals surface area contributed by atoms with Gasteiger partial charge in [0.25, 0.3) is 5.56 Å². The first-order chi connectivity index (χ1) is 15.0. The first kappa shape index (κ1) is 20.8. The largest absolute Gasteiger partial charge is 0.496 e. The van der Waals surface area contributed by atoms with Crippen LogP contribution in [0, 0.1) is 0 Å². The van der Waals surface area contributed by atoms with Crippen LogP contribution >= 0.6 is 11.3 Å². The first-order valence-electron chi connectivity index (χ1n) is 9.92. The Kier molecular flexibility index (Phi) is 5.86.